The monoisotopic (exact) mass is 323 g/mol. The predicted octanol–water partition coefficient (Wildman–Crippen LogP) is 3.13. The molecule has 0 saturated carbocycles. The Hall–Kier alpha value is -2.05. The van der Waals surface area contributed by atoms with Gasteiger partial charge in [-0.1, -0.05) is 23.8 Å². The largest absolute Gasteiger partial charge is 0.495 e. The Morgan fingerprint density at radius 1 is 1.24 bits per heavy atom. The Labute approximate surface area is 133 Å². The van der Waals surface area contributed by atoms with Gasteiger partial charge >= 0.3 is 0 Å². The number of hydrogen-bond donors (Lipinski definition) is 2. The molecule has 0 saturated heterocycles. The summed E-state index contributed by atoms with van der Waals surface area (Å²) < 4.78 is 10.5. The van der Waals surface area contributed by atoms with Crippen molar-refractivity contribution in [3.05, 3.63) is 41.2 Å². The van der Waals surface area contributed by atoms with Crippen LogP contribution in [0, 0.1) is 0 Å². The average molecular weight is 324 g/mol. The number of anilines is 2. The summed E-state index contributed by atoms with van der Waals surface area (Å²) in [7, 11) is 3.10. The lowest BCUT2D eigenvalue weighted by atomic mass is 10.2. The molecule has 0 aliphatic heterocycles. The zero-order valence-electron chi connectivity index (χ0n) is 11.5. The van der Waals surface area contributed by atoms with Crippen LogP contribution in [0.3, 0.4) is 0 Å². The maximum Gasteiger partial charge on any atom is 0.146 e. The van der Waals surface area contributed by atoms with E-state index in [1.165, 1.54) is 0 Å². The number of nitrogens with one attached hydrogen (secondary N) is 1. The second-order valence-electron chi connectivity index (χ2n) is 4.08. The SMILES string of the molecule is COc1cc(OC)c(Nc2cccnc2C(N)=S)cc1Cl. The molecule has 3 N–H and O–H groups in total. The van der Waals surface area contributed by atoms with E-state index < -0.39 is 0 Å². The van der Waals surface area contributed by atoms with Crippen LogP contribution >= 0.6 is 23.8 Å². The van der Waals surface area contributed by atoms with Crippen LogP contribution in [0.5, 0.6) is 11.5 Å². The van der Waals surface area contributed by atoms with Crippen LogP contribution in [0.4, 0.5) is 11.4 Å². The fourth-order valence-electron chi connectivity index (χ4n) is 1.81. The van der Waals surface area contributed by atoms with Crippen molar-refractivity contribution in [2.24, 2.45) is 5.73 Å². The van der Waals surface area contributed by atoms with Gasteiger partial charge in [0.25, 0.3) is 0 Å². The molecule has 2 aromatic rings. The van der Waals surface area contributed by atoms with Crippen molar-refractivity contribution in [3.8, 4) is 11.5 Å². The number of hydrogen-bond acceptors (Lipinski definition) is 5. The highest BCUT2D eigenvalue weighted by Gasteiger charge is 2.13. The Balaban J connectivity index is 2.44. The van der Waals surface area contributed by atoms with Gasteiger partial charge in [-0.15, -0.1) is 0 Å². The Kier molecular flexibility index (Phi) is 4.82. The Morgan fingerprint density at radius 3 is 2.57 bits per heavy atom. The molecule has 0 amide bonds. The van der Waals surface area contributed by atoms with Crippen LogP contribution in [0.15, 0.2) is 30.5 Å². The van der Waals surface area contributed by atoms with Crippen molar-refractivity contribution in [1.29, 1.82) is 0 Å². The minimum absolute atomic E-state index is 0.205. The second-order valence-corrected chi connectivity index (χ2v) is 4.92. The van der Waals surface area contributed by atoms with Crippen LogP contribution in [-0.2, 0) is 0 Å². The molecule has 7 heteroatoms. The number of halogens is 1. The molecule has 1 aromatic heterocycles. The number of thiocarbonyl (C=S) groups is 1. The fourth-order valence-corrected chi connectivity index (χ4v) is 2.21. The van der Waals surface area contributed by atoms with Crippen molar-refractivity contribution in [2.75, 3.05) is 19.5 Å². The zero-order chi connectivity index (χ0) is 15.4. The third kappa shape index (κ3) is 3.34. The van der Waals surface area contributed by atoms with Gasteiger partial charge in [-0.05, 0) is 18.2 Å². The van der Waals surface area contributed by atoms with Gasteiger partial charge in [-0.25, -0.2) is 0 Å². The molecule has 0 spiro atoms. The minimum atomic E-state index is 0.205. The summed E-state index contributed by atoms with van der Waals surface area (Å²) in [6.07, 6.45) is 1.62. The third-order valence-electron chi connectivity index (χ3n) is 2.78. The molecule has 0 bridgehead atoms. The van der Waals surface area contributed by atoms with Crippen molar-refractivity contribution < 1.29 is 9.47 Å². The van der Waals surface area contributed by atoms with Gasteiger partial charge in [0.15, 0.2) is 0 Å². The summed E-state index contributed by atoms with van der Waals surface area (Å²) in [5, 5.41) is 3.63. The number of benzene rings is 1. The van der Waals surface area contributed by atoms with E-state index in [2.05, 4.69) is 10.3 Å². The molecule has 0 aliphatic carbocycles. The molecule has 2 rings (SSSR count). The first kappa shape index (κ1) is 15.3. The molecule has 0 aliphatic rings. The van der Waals surface area contributed by atoms with E-state index in [9.17, 15) is 0 Å². The lowest BCUT2D eigenvalue weighted by Gasteiger charge is -2.15. The highest BCUT2D eigenvalue weighted by Crippen LogP contribution is 2.37. The highest BCUT2D eigenvalue weighted by molar-refractivity contribution is 7.80. The molecule has 5 nitrogen and oxygen atoms in total. The molecular weight excluding hydrogens is 310 g/mol. The molecular formula is C14H14ClN3O2S. The van der Waals surface area contributed by atoms with Crippen LogP contribution in [-0.4, -0.2) is 24.2 Å². The van der Waals surface area contributed by atoms with E-state index in [-0.39, 0.29) is 4.99 Å². The second kappa shape index (κ2) is 6.60. The molecule has 0 fully saturated rings. The van der Waals surface area contributed by atoms with Crippen LogP contribution < -0.4 is 20.5 Å². The number of nitrogens with two attached hydrogens (primary N) is 1. The molecule has 0 atom stereocenters. The standard InChI is InChI=1S/C14H14ClN3O2S/c1-19-11-7-12(20-2)10(6-8(11)15)18-9-4-3-5-17-13(9)14(16)21/h3-7,18H,1-2H3,(H2,16,21). The maximum atomic E-state index is 6.14. The van der Waals surface area contributed by atoms with E-state index in [1.54, 1.807) is 38.6 Å². The van der Waals surface area contributed by atoms with Crippen molar-refractivity contribution in [1.82, 2.24) is 4.98 Å². The van der Waals surface area contributed by atoms with Crippen molar-refractivity contribution in [3.63, 3.8) is 0 Å². The third-order valence-corrected chi connectivity index (χ3v) is 3.27. The van der Waals surface area contributed by atoms with Crippen molar-refractivity contribution >= 4 is 40.2 Å². The number of nitrogens with zero attached hydrogens (tertiary/aromatic N) is 1. The van der Waals surface area contributed by atoms with E-state index >= 15 is 0 Å². The smallest absolute Gasteiger partial charge is 0.146 e. The first-order valence-corrected chi connectivity index (χ1v) is 6.78. The summed E-state index contributed by atoms with van der Waals surface area (Å²) in [6, 6.07) is 7.00. The van der Waals surface area contributed by atoms with Crippen LogP contribution in [0.25, 0.3) is 0 Å². The average Bonchev–Trinajstić information content (AvgIpc) is 2.48. The normalized spacial score (nSPS) is 10.0. The summed E-state index contributed by atoms with van der Waals surface area (Å²) in [5.41, 5.74) is 7.50. The summed E-state index contributed by atoms with van der Waals surface area (Å²) in [5.74, 6) is 1.11. The predicted molar refractivity (Wildman–Crippen MR) is 88.0 cm³/mol. The Bertz CT molecular complexity index is 679. The van der Waals surface area contributed by atoms with Gasteiger partial charge in [-0.2, -0.15) is 0 Å². The molecule has 0 unspecified atom stereocenters. The van der Waals surface area contributed by atoms with Crippen LogP contribution in [0.2, 0.25) is 5.02 Å². The zero-order valence-corrected chi connectivity index (χ0v) is 13.1. The van der Waals surface area contributed by atoms with Gasteiger partial charge < -0.3 is 20.5 Å². The van der Waals surface area contributed by atoms with Crippen LogP contribution in [0.1, 0.15) is 5.69 Å². The summed E-state index contributed by atoms with van der Waals surface area (Å²) in [6.45, 7) is 0. The topological polar surface area (TPSA) is 69.4 Å². The molecule has 1 heterocycles. The van der Waals surface area contributed by atoms with Gasteiger partial charge in [0.05, 0.1) is 30.6 Å². The molecule has 110 valence electrons. The number of rotatable bonds is 5. The quantitative estimate of drug-likeness (QED) is 0.824. The van der Waals surface area contributed by atoms with Gasteiger partial charge in [0.1, 0.15) is 22.2 Å². The van der Waals surface area contributed by atoms with E-state index in [4.69, 9.17) is 39.0 Å². The fraction of sp³-hybridized carbons (Fsp3) is 0.143. The summed E-state index contributed by atoms with van der Waals surface area (Å²) >= 11 is 11.1. The number of pyridine rings is 1. The van der Waals surface area contributed by atoms with E-state index in [1.807, 2.05) is 6.07 Å². The van der Waals surface area contributed by atoms with Crippen molar-refractivity contribution in [2.45, 2.75) is 0 Å². The first-order valence-electron chi connectivity index (χ1n) is 6.00. The lowest BCUT2D eigenvalue weighted by molar-refractivity contribution is 0.396. The number of methoxy groups -OCH3 is 2. The number of ether oxygens (including phenoxy) is 2. The molecule has 21 heavy (non-hydrogen) atoms. The lowest BCUT2D eigenvalue weighted by Crippen LogP contribution is -2.14. The highest BCUT2D eigenvalue weighted by atomic mass is 35.5. The van der Waals surface area contributed by atoms with Gasteiger partial charge in [0, 0.05) is 12.3 Å². The summed E-state index contributed by atoms with van der Waals surface area (Å²) in [4.78, 5) is 4.36. The first-order chi connectivity index (χ1) is 10.1. The van der Waals surface area contributed by atoms with Gasteiger partial charge in [-0.3, -0.25) is 4.98 Å². The molecule has 1 aromatic carbocycles. The molecule has 0 radical (unpaired) electrons. The minimum Gasteiger partial charge on any atom is -0.495 e. The Morgan fingerprint density at radius 2 is 1.95 bits per heavy atom. The van der Waals surface area contributed by atoms with E-state index in [0.29, 0.717) is 33.6 Å². The van der Waals surface area contributed by atoms with Gasteiger partial charge in [0.2, 0.25) is 0 Å². The van der Waals surface area contributed by atoms with E-state index in [0.717, 1.165) is 0 Å². The maximum absolute atomic E-state index is 6.14. The number of aromatic nitrogens is 1.